The molecule has 2 atom stereocenters. The van der Waals surface area contributed by atoms with Crippen molar-refractivity contribution >= 4 is 0 Å². The fourth-order valence-electron chi connectivity index (χ4n) is 2.73. The molecule has 1 aliphatic rings. The van der Waals surface area contributed by atoms with E-state index >= 15 is 0 Å². The second-order valence-corrected chi connectivity index (χ2v) is 5.29. The summed E-state index contributed by atoms with van der Waals surface area (Å²) in [6.07, 6.45) is 5.53. The van der Waals surface area contributed by atoms with Crippen molar-refractivity contribution < 1.29 is 9.84 Å². The van der Waals surface area contributed by atoms with Crippen LogP contribution in [0.4, 0.5) is 0 Å². The van der Waals surface area contributed by atoms with Crippen LogP contribution in [0.5, 0.6) is 0 Å². The summed E-state index contributed by atoms with van der Waals surface area (Å²) in [5, 5.41) is 10.3. The van der Waals surface area contributed by atoms with Gasteiger partial charge in [-0.05, 0) is 30.7 Å². The highest BCUT2D eigenvalue weighted by Crippen LogP contribution is 2.27. The van der Waals surface area contributed by atoms with E-state index in [-0.39, 0.29) is 6.10 Å². The highest BCUT2D eigenvalue weighted by atomic mass is 16.5. The van der Waals surface area contributed by atoms with Gasteiger partial charge in [0.1, 0.15) is 6.10 Å². The summed E-state index contributed by atoms with van der Waals surface area (Å²) < 4.78 is 5.94. The van der Waals surface area contributed by atoms with Crippen LogP contribution < -0.4 is 0 Å². The first-order valence-electron chi connectivity index (χ1n) is 7.16. The molecule has 2 unspecified atom stereocenters. The molecule has 1 N–H and O–H groups in total. The zero-order chi connectivity index (χ0) is 12.8. The van der Waals surface area contributed by atoms with E-state index in [0.717, 1.165) is 18.6 Å². The van der Waals surface area contributed by atoms with Crippen molar-refractivity contribution in [3.63, 3.8) is 0 Å². The van der Waals surface area contributed by atoms with Gasteiger partial charge >= 0.3 is 0 Å². The minimum atomic E-state index is -0.502. The molecule has 1 aromatic rings. The van der Waals surface area contributed by atoms with E-state index in [1.807, 2.05) is 30.3 Å². The lowest BCUT2D eigenvalue weighted by Gasteiger charge is -2.24. The first kappa shape index (κ1) is 13.6. The standard InChI is InChI=1S/C16H24O2/c1-2-15(18-12-13-8-6-7-9-13)16(17)14-10-4-3-5-11-14/h3-5,10-11,13,15-17H,2,6-9,12H2,1H3. The minimum absolute atomic E-state index is 0.0759. The van der Waals surface area contributed by atoms with E-state index in [0.29, 0.717) is 5.92 Å². The number of ether oxygens (including phenoxy) is 1. The largest absolute Gasteiger partial charge is 0.386 e. The molecule has 0 spiro atoms. The molecule has 0 bridgehead atoms. The molecule has 100 valence electrons. The summed E-state index contributed by atoms with van der Waals surface area (Å²) in [7, 11) is 0. The Balaban J connectivity index is 1.87. The van der Waals surface area contributed by atoms with Crippen LogP contribution in [-0.2, 0) is 4.74 Å². The van der Waals surface area contributed by atoms with Gasteiger partial charge in [0.15, 0.2) is 0 Å². The summed E-state index contributed by atoms with van der Waals surface area (Å²) in [6.45, 7) is 2.88. The van der Waals surface area contributed by atoms with Gasteiger partial charge in [-0.1, -0.05) is 50.1 Å². The molecule has 0 amide bonds. The summed E-state index contributed by atoms with van der Waals surface area (Å²) in [6, 6.07) is 9.82. The van der Waals surface area contributed by atoms with Crippen LogP contribution in [0.15, 0.2) is 30.3 Å². The van der Waals surface area contributed by atoms with Crippen molar-refractivity contribution in [3.8, 4) is 0 Å². The number of aliphatic hydroxyl groups is 1. The number of hydrogen-bond acceptors (Lipinski definition) is 2. The molecular formula is C16H24O2. The SMILES string of the molecule is CCC(OCC1CCCC1)C(O)c1ccccc1. The van der Waals surface area contributed by atoms with E-state index in [1.54, 1.807) is 0 Å². The highest BCUT2D eigenvalue weighted by molar-refractivity contribution is 5.18. The topological polar surface area (TPSA) is 29.5 Å². The molecular weight excluding hydrogens is 224 g/mol. The van der Waals surface area contributed by atoms with Crippen molar-refractivity contribution in [3.05, 3.63) is 35.9 Å². The molecule has 2 heteroatoms. The molecule has 2 nitrogen and oxygen atoms in total. The monoisotopic (exact) mass is 248 g/mol. The predicted molar refractivity (Wildman–Crippen MR) is 73.4 cm³/mol. The highest BCUT2D eigenvalue weighted by Gasteiger charge is 2.22. The molecule has 1 aromatic carbocycles. The van der Waals surface area contributed by atoms with Crippen LogP contribution in [0.2, 0.25) is 0 Å². The van der Waals surface area contributed by atoms with E-state index in [9.17, 15) is 5.11 Å². The quantitative estimate of drug-likeness (QED) is 0.831. The van der Waals surface area contributed by atoms with Crippen molar-refractivity contribution in [1.29, 1.82) is 0 Å². The number of aliphatic hydroxyl groups excluding tert-OH is 1. The minimum Gasteiger partial charge on any atom is -0.386 e. The third kappa shape index (κ3) is 3.56. The number of rotatable bonds is 6. The number of benzene rings is 1. The van der Waals surface area contributed by atoms with Crippen molar-refractivity contribution in [2.24, 2.45) is 5.92 Å². The van der Waals surface area contributed by atoms with Crippen LogP contribution in [0.3, 0.4) is 0 Å². The summed E-state index contributed by atoms with van der Waals surface area (Å²) >= 11 is 0. The molecule has 0 heterocycles. The molecule has 1 aliphatic carbocycles. The van der Waals surface area contributed by atoms with Crippen LogP contribution in [0, 0.1) is 5.92 Å². The maximum absolute atomic E-state index is 10.3. The van der Waals surface area contributed by atoms with Gasteiger partial charge < -0.3 is 9.84 Å². The molecule has 0 aliphatic heterocycles. The van der Waals surface area contributed by atoms with Crippen molar-refractivity contribution in [2.45, 2.75) is 51.2 Å². The molecule has 0 radical (unpaired) electrons. The van der Waals surface area contributed by atoms with Gasteiger partial charge in [-0.25, -0.2) is 0 Å². The van der Waals surface area contributed by atoms with Crippen LogP contribution in [-0.4, -0.2) is 17.8 Å². The smallest absolute Gasteiger partial charge is 0.105 e. The second kappa shape index (κ2) is 6.91. The van der Waals surface area contributed by atoms with E-state index in [4.69, 9.17) is 4.74 Å². The molecule has 1 fully saturated rings. The second-order valence-electron chi connectivity index (χ2n) is 5.29. The van der Waals surface area contributed by atoms with Crippen LogP contribution in [0.25, 0.3) is 0 Å². The lowest BCUT2D eigenvalue weighted by Crippen LogP contribution is -2.24. The van der Waals surface area contributed by atoms with Crippen LogP contribution >= 0.6 is 0 Å². The maximum Gasteiger partial charge on any atom is 0.105 e. The third-order valence-electron chi connectivity index (χ3n) is 3.92. The van der Waals surface area contributed by atoms with Crippen molar-refractivity contribution in [2.75, 3.05) is 6.61 Å². The summed E-state index contributed by atoms with van der Waals surface area (Å²) in [5.41, 5.74) is 0.954. The fourth-order valence-corrected chi connectivity index (χ4v) is 2.73. The van der Waals surface area contributed by atoms with E-state index in [2.05, 4.69) is 6.92 Å². The fraction of sp³-hybridized carbons (Fsp3) is 0.625. The first-order chi connectivity index (χ1) is 8.81. The Morgan fingerprint density at radius 2 is 1.89 bits per heavy atom. The lowest BCUT2D eigenvalue weighted by molar-refractivity contribution is -0.0519. The van der Waals surface area contributed by atoms with Gasteiger partial charge in [-0.3, -0.25) is 0 Å². The molecule has 0 aromatic heterocycles. The lowest BCUT2D eigenvalue weighted by atomic mass is 10.0. The third-order valence-corrected chi connectivity index (χ3v) is 3.92. The van der Waals surface area contributed by atoms with Gasteiger partial charge in [-0.2, -0.15) is 0 Å². The van der Waals surface area contributed by atoms with Gasteiger partial charge in [0.25, 0.3) is 0 Å². The Bertz CT molecular complexity index is 330. The average Bonchev–Trinajstić information content (AvgIpc) is 2.93. The maximum atomic E-state index is 10.3. The Labute approximate surface area is 110 Å². The molecule has 2 rings (SSSR count). The first-order valence-corrected chi connectivity index (χ1v) is 7.16. The zero-order valence-corrected chi connectivity index (χ0v) is 11.2. The Morgan fingerprint density at radius 1 is 1.22 bits per heavy atom. The predicted octanol–water partition coefficient (Wildman–Crippen LogP) is 3.71. The molecule has 1 saturated carbocycles. The van der Waals surface area contributed by atoms with E-state index < -0.39 is 6.10 Å². The Kier molecular flexibility index (Phi) is 5.21. The normalized spacial score (nSPS) is 19.9. The molecule has 18 heavy (non-hydrogen) atoms. The van der Waals surface area contributed by atoms with E-state index in [1.165, 1.54) is 25.7 Å². The Hall–Kier alpha value is -0.860. The van der Waals surface area contributed by atoms with Gasteiger partial charge in [0.05, 0.1) is 6.10 Å². The van der Waals surface area contributed by atoms with Gasteiger partial charge in [0, 0.05) is 6.61 Å². The average molecular weight is 248 g/mol. The zero-order valence-electron chi connectivity index (χ0n) is 11.2. The summed E-state index contributed by atoms with van der Waals surface area (Å²) in [5.74, 6) is 0.710. The van der Waals surface area contributed by atoms with Gasteiger partial charge in [-0.15, -0.1) is 0 Å². The molecule has 0 saturated heterocycles. The van der Waals surface area contributed by atoms with Crippen molar-refractivity contribution in [1.82, 2.24) is 0 Å². The van der Waals surface area contributed by atoms with Gasteiger partial charge in [0.2, 0.25) is 0 Å². The Morgan fingerprint density at radius 3 is 2.50 bits per heavy atom. The van der Waals surface area contributed by atoms with Crippen LogP contribution in [0.1, 0.15) is 50.7 Å². The summed E-state index contributed by atoms with van der Waals surface area (Å²) in [4.78, 5) is 0. The number of hydrogen-bond donors (Lipinski definition) is 1.